The molecular weight excluding hydrogens is 316 g/mol. The van der Waals surface area contributed by atoms with Gasteiger partial charge in [0.15, 0.2) is 11.5 Å². The summed E-state index contributed by atoms with van der Waals surface area (Å²) in [6.07, 6.45) is 0.831. The quantitative estimate of drug-likeness (QED) is 0.909. The Balaban J connectivity index is 1.37. The SMILES string of the molecule is O=C1C(NCc2cccc3c2OCCO3)CCN1Cc1ccccc1. The Bertz CT molecular complexity index is 748. The van der Waals surface area contributed by atoms with E-state index in [0.717, 1.165) is 30.0 Å². The van der Waals surface area contributed by atoms with E-state index in [1.54, 1.807) is 0 Å². The van der Waals surface area contributed by atoms with Crippen molar-refractivity contribution < 1.29 is 14.3 Å². The van der Waals surface area contributed by atoms with Crippen molar-refractivity contribution in [1.82, 2.24) is 10.2 Å². The van der Waals surface area contributed by atoms with Gasteiger partial charge in [0.2, 0.25) is 5.91 Å². The molecule has 2 aromatic carbocycles. The number of fused-ring (bicyclic) bond motifs is 1. The van der Waals surface area contributed by atoms with Gasteiger partial charge in [0.25, 0.3) is 0 Å². The second-order valence-electron chi connectivity index (χ2n) is 6.41. The molecule has 0 spiro atoms. The molecule has 2 heterocycles. The summed E-state index contributed by atoms with van der Waals surface area (Å²) in [6, 6.07) is 15.9. The van der Waals surface area contributed by atoms with Crippen LogP contribution in [0.1, 0.15) is 17.5 Å². The number of carbonyl (C=O) groups excluding carboxylic acids is 1. The zero-order valence-corrected chi connectivity index (χ0v) is 14.1. The first-order chi connectivity index (χ1) is 12.3. The van der Waals surface area contributed by atoms with Gasteiger partial charge in [-0.3, -0.25) is 4.79 Å². The Labute approximate surface area is 147 Å². The van der Waals surface area contributed by atoms with E-state index >= 15 is 0 Å². The highest BCUT2D eigenvalue weighted by molar-refractivity contribution is 5.84. The Morgan fingerprint density at radius 3 is 2.76 bits per heavy atom. The van der Waals surface area contributed by atoms with Crippen molar-refractivity contribution >= 4 is 5.91 Å². The number of ether oxygens (including phenoxy) is 2. The van der Waals surface area contributed by atoms with Gasteiger partial charge in [0, 0.05) is 25.2 Å². The predicted molar refractivity (Wildman–Crippen MR) is 94.5 cm³/mol. The van der Waals surface area contributed by atoms with Crippen LogP contribution < -0.4 is 14.8 Å². The lowest BCUT2D eigenvalue weighted by Crippen LogP contribution is -2.37. The van der Waals surface area contributed by atoms with Crippen LogP contribution in [0.15, 0.2) is 48.5 Å². The van der Waals surface area contributed by atoms with Crippen LogP contribution in [-0.2, 0) is 17.9 Å². The molecule has 1 fully saturated rings. The number of hydrogen-bond donors (Lipinski definition) is 1. The van der Waals surface area contributed by atoms with Gasteiger partial charge in [-0.1, -0.05) is 42.5 Å². The molecule has 0 saturated carbocycles. The van der Waals surface area contributed by atoms with Crippen molar-refractivity contribution in [2.75, 3.05) is 19.8 Å². The maximum absolute atomic E-state index is 12.6. The number of likely N-dealkylation sites (tertiary alicyclic amines) is 1. The average molecular weight is 338 g/mol. The lowest BCUT2D eigenvalue weighted by molar-refractivity contribution is -0.129. The molecule has 1 N–H and O–H groups in total. The summed E-state index contributed by atoms with van der Waals surface area (Å²) in [7, 11) is 0. The summed E-state index contributed by atoms with van der Waals surface area (Å²) in [5.41, 5.74) is 2.20. The van der Waals surface area contributed by atoms with Crippen molar-refractivity contribution in [3.8, 4) is 11.5 Å². The Kier molecular flexibility index (Phi) is 4.57. The Morgan fingerprint density at radius 1 is 1.04 bits per heavy atom. The van der Waals surface area contributed by atoms with E-state index < -0.39 is 0 Å². The maximum Gasteiger partial charge on any atom is 0.240 e. The predicted octanol–water partition coefficient (Wildman–Crippen LogP) is 2.35. The Morgan fingerprint density at radius 2 is 1.88 bits per heavy atom. The summed E-state index contributed by atoms with van der Waals surface area (Å²) >= 11 is 0. The van der Waals surface area contributed by atoms with Crippen LogP contribution in [0.2, 0.25) is 0 Å². The molecule has 130 valence electrons. The fourth-order valence-electron chi connectivity index (χ4n) is 3.40. The minimum Gasteiger partial charge on any atom is -0.486 e. The number of nitrogens with zero attached hydrogens (tertiary/aromatic N) is 1. The summed E-state index contributed by atoms with van der Waals surface area (Å²) < 4.78 is 11.3. The first-order valence-electron chi connectivity index (χ1n) is 8.75. The summed E-state index contributed by atoms with van der Waals surface area (Å²) in [5.74, 6) is 1.76. The van der Waals surface area contributed by atoms with Gasteiger partial charge in [-0.25, -0.2) is 0 Å². The summed E-state index contributed by atoms with van der Waals surface area (Å²) in [4.78, 5) is 14.6. The lowest BCUT2D eigenvalue weighted by Gasteiger charge is -2.22. The van der Waals surface area contributed by atoms with E-state index in [0.29, 0.717) is 26.3 Å². The third-order valence-corrected chi connectivity index (χ3v) is 4.70. The second-order valence-corrected chi connectivity index (χ2v) is 6.41. The van der Waals surface area contributed by atoms with E-state index in [-0.39, 0.29) is 11.9 Å². The van der Waals surface area contributed by atoms with Gasteiger partial charge in [0.05, 0.1) is 6.04 Å². The van der Waals surface area contributed by atoms with Crippen molar-refractivity contribution in [2.24, 2.45) is 0 Å². The minimum atomic E-state index is -0.135. The highest BCUT2D eigenvalue weighted by atomic mass is 16.6. The number of nitrogens with one attached hydrogen (secondary N) is 1. The van der Waals surface area contributed by atoms with E-state index in [1.807, 2.05) is 41.3 Å². The van der Waals surface area contributed by atoms with Crippen LogP contribution in [0.5, 0.6) is 11.5 Å². The van der Waals surface area contributed by atoms with Crippen LogP contribution >= 0.6 is 0 Å². The third-order valence-electron chi connectivity index (χ3n) is 4.70. The van der Waals surface area contributed by atoms with Crippen molar-refractivity contribution in [2.45, 2.75) is 25.6 Å². The van der Waals surface area contributed by atoms with Crippen LogP contribution in [-0.4, -0.2) is 36.6 Å². The molecular formula is C20H22N2O3. The normalized spacial score (nSPS) is 19.3. The fraction of sp³-hybridized carbons (Fsp3) is 0.350. The second kappa shape index (κ2) is 7.15. The monoisotopic (exact) mass is 338 g/mol. The molecule has 4 rings (SSSR count). The van der Waals surface area contributed by atoms with Gasteiger partial charge < -0.3 is 19.7 Å². The van der Waals surface area contributed by atoms with Gasteiger partial charge in [-0.05, 0) is 18.1 Å². The van der Waals surface area contributed by atoms with Crippen molar-refractivity contribution in [1.29, 1.82) is 0 Å². The first-order valence-corrected chi connectivity index (χ1v) is 8.75. The topological polar surface area (TPSA) is 50.8 Å². The van der Waals surface area contributed by atoms with Crippen molar-refractivity contribution in [3.63, 3.8) is 0 Å². The lowest BCUT2D eigenvalue weighted by atomic mass is 10.1. The van der Waals surface area contributed by atoms with Crippen molar-refractivity contribution in [3.05, 3.63) is 59.7 Å². The van der Waals surface area contributed by atoms with Crippen LogP contribution in [0.25, 0.3) is 0 Å². The molecule has 5 heteroatoms. The number of para-hydroxylation sites is 1. The molecule has 25 heavy (non-hydrogen) atoms. The molecule has 0 aromatic heterocycles. The number of hydrogen-bond acceptors (Lipinski definition) is 4. The fourth-order valence-corrected chi connectivity index (χ4v) is 3.40. The average Bonchev–Trinajstić information content (AvgIpc) is 3.00. The van der Waals surface area contributed by atoms with Gasteiger partial charge in [-0.15, -0.1) is 0 Å². The molecule has 2 aliphatic rings. The number of carbonyl (C=O) groups is 1. The number of rotatable bonds is 5. The molecule has 1 amide bonds. The molecule has 2 aromatic rings. The van der Waals surface area contributed by atoms with Gasteiger partial charge >= 0.3 is 0 Å². The first kappa shape index (κ1) is 16.0. The van der Waals surface area contributed by atoms with Gasteiger partial charge in [0.1, 0.15) is 13.2 Å². The van der Waals surface area contributed by atoms with E-state index in [1.165, 1.54) is 5.56 Å². The van der Waals surface area contributed by atoms with E-state index in [2.05, 4.69) is 17.4 Å². The summed E-state index contributed by atoms with van der Waals surface area (Å²) in [5, 5.41) is 3.39. The number of amides is 1. The van der Waals surface area contributed by atoms with E-state index in [9.17, 15) is 4.79 Å². The molecule has 1 unspecified atom stereocenters. The number of benzene rings is 2. The standard InChI is InChI=1S/C20H22N2O3/c23-20-17(9-10-22(20)14-15-5-2-1-3-6-15)21-13-16-7-4-8-18-19(16)25-12-11-24-18/h1-8,17,21H,9-14H2. The van der Waals surface area contributed by atoms with Crippen LogP contribution in [0.4, 0.5) is 0 Å². The van der Waals surface area contributed by atoms with Crippen LogP contribution in [0.3, 0.4) is 0 Å². The summed E-state index contributed by atoms with van der Waals surface area (Å²) in [6.45, 7) is 3.21. The third kappa shape index (κ3) is 3.46. The highest BCUT2D eigenvalue weighted by Crippen LogP contribution is 2.33. The molecule has 2 aliphatic heterocycles. The molecule has 1 saturated heterocycles. The van der Waals surface area contributed by atoms with Crippen LogP contribution in [0, 0.1) is 0 Å². The maximum atomic E-state index is 12.6. The zero-order valence-electron chi connectivity index (χ0n) is 14.1. The molecule has 1 atom stereocenters. The largest absolute Gasteiger partial charge is 0.486 e. The van der Waals surface area contributed by atoms with E-state index in [4.69, 9.17) is 9.47 Å². The molecule has 0 radical (unpaired) electrons. The highest BCUT2D eigenvalue weighted by Gasteiger charge is 2.31. The zero-order chi connectivity index (χ0) is 17.1. The van der Waals surface area contributed by atoms with Gasteiger partial charge in [-0.2, -0.15) is 0 Å². The smallest absolute Gasteiger partial charge is 0.240 e. The Hall–Kier alpha value is -2.53. The molecule has 0 bridgehead atoms. The molecule has 0 aliphatic carbocycles. The molecule has 5 nitrogen and oxygen atoms in total. The minimum absolute atomic E-state index is 0.135.